The maximum atomic E-state index is 13.4. The van der Waals surface area contributed by atoms with Crippen LogP contribution in [0.2, 0.25) is 0 Å². The zero-order valence-corrected chi connectivity index (χ0v) is 7.75. The van der Waals surface area contributed by atoms with E-state index < -0.39 is 5.82 Å². The Balaban J connectivity index is 2.94. The summed E-state index contributed by atoms with van der Waals surface area (Å²) < 4.78 is 18.5. The van der Waals surface area contributed by atoms with Gasteiger partial charge in [0, 0.05) is 18.3 Å². The molecular formula is C9H13FN2O. The molecule has 0 aromatic carbocycles. The second-order valence-electron chi connectivity index (χ2n) is 2.96. The fraction of sp³-hybridized carbons (Fsp3) is 0.444. The summed E-state index contributed by atoms with van der Waals surface area (Å²) in [5, 5.41) is 0. The van der Waals surface area contributed by atoms with Crippen LogP contribution in [0.4, 0.5) is 4.39 Å². The van der Waals surface area contributed by atoms with Crippen molar-refractivity contribution >= 4 is 0 Å². The van der Waals surface area contributed by atoms with Gasteiger partial charge in [-0.2, -0.15) is 0 Å². The zero-order valence-electron chi connectivity index (χ0n) is 7.75. The number of hydrogen-bond donors (Lipinski definition) is 1. The van der Waals surface area contributed by atoms with Crippen molar-refractivity contribution in [1.82, 2.24) is 4.98 Å². The minimum atomic E-state index is -0.460. The smallest absolute Gasteiger partial charge is 0.250 e. The van der Waals surface area contributed by atoms with Gasteiger partial charge in [-0.05, 0) is 19.9 Å². The third-order valence-electron chi connectivity index (χ3n) is 1.50. The number of pyridine rings is 1. The Morgan fingerprint density at radius 3 is 2.85 bits per heavy atom. The third kappa shape index (κ3) is 2.39. The van der Waals surface area contributed by atoms with E-state index in [-0.39, 0.29) is 18.5 Å². The van der Waals surface area contributed by atoms with E-state index in [1.807, 2.05) is 13.8 Å². The molecule has 0 atom stereocenters. The van der Waals surface area contributed by atoms with Gasteiger partial charge in [-0.1, -0.05) is 0 Å². The van der Waals surface area contributed by atoms with E-state index in [9.17, 15) is 4.39 Å². The average Bonchev–Trinajstić information content (AvgIpc) is 2.08. The Morgan fingerprint density at radius 2 is 2.31 bits per heavy atom. The quantitative estimate of drug-likeness (QED) is 0.773. The highest BCUT2D eigenvalue weighted by atomic mass is 19.1. The molecule has 0 unspecified atom stereocenters. The number of halogens is 1. The Bertz CT molecular complexity index is 289. The summed E-state index contributed by atoms with van der Waals surface area (Å²) in [6.45, 7) is 3.79. The van der Waals surface area contributed by atoms with Crippen LogP contribution in [0.25, 0.3) is 0 Å². The summed E-state index contributed by atoms with van der Waals surface area (Å²) in [7, 11) is 0. The third-order valence-corrected chi connectivity index (χ3v) is 1.50. The van der Waals surface area contributed by atoms with Gasteiger partial charge in [-0.3, -0.25) is 0 Å². The average molecular weight is 184 g/mol. The Labute approximate surface area is 76.7 Å². The molecule has 72 valence electrons. The number of ether oxygens (including phenoxy) is 1. The van der Waals surface area contributed by atoms with Crippen LogP contribution in [0, 0.1) is 5.82 Å². The molecule has 0 aliphatic rings. The molecule has 0 saturated heterocycles. The number of aromatic nitrogens is 1. The van der Waals surface area contributed by atoms with Gasteiger partial charge < -0.3 is 10.5 Å². The molecule has 0 aliphatic heterocycles. The second-order valence-corrected chi connectivity index (χ2v) is 2.96. The molecule has 1 aromatic rings. The predicted octanol–water partition coefficient (Wildman–Crippen LogP) is 1.47. The molecule has 1 heterocycles. The number of nitrogens with two attached hydrogens (primary N) is 1. The van der Waals surface area contributed by atoms with Crippen LogP contribution in [0.3, 0.4) is 0 Å². The van der Waals surface area contributed by atoms with Crippen LogP contribution in [0.1, 0.15) is 19.4 Å². The topological polar surface area (TPSA) is 48.1 Å². The van der Waals surface area contributed by atoms with Crippen molar-refractivity contribution in [3.63, 3.8) is 0 Å². The van der Waals surface area contributed by atoms with Crippen LogP contribution in [0.5, 0.6) is 5.88 Å². The Morgan fingerprint density at radius 1 is 1.62 bits per heavy atom. The molecular weight excluding hydrogens is 171 g/mol. The van der Waals surface area contributed by atoms with Gasteiger partial charge in [-0.15, -0.1) is 0 Å². The molecule has 1 aromatic heterocycles. The lowest BCUT2D eigenvalue weighted by atomic mass is 10.2. The van der Waals surface area contributed by atoms with E-state index >= 15 is 0 Å². The lowest BCUT2D eigenvalue weighted by Crippen LogP contribution is -2.10. The van der Waals surface area contributed by atoms with Crippen molar-refractivity contribution in [2.75, 3.05) is 0 Å². The van der Waals surface area contributed by atoms with Crippen molar-refractivity contribution in [3.05, 3.63) is 23.6 Å². The SMILES string of the molecule is CC(C)Oc1nccc(CN)c1F. The summed E-state index contributed by atoms with van der Waals surface area (Å²) in [6.07, 6.45) is 1.40. The van der Waals surface area contributed by atoms with E-state index in [0.717, 1.165) is 0 Å². The number of nitrogens with zero attached hydrogens (tertiary/aromatic N) is 1. The number of hydrogen-bond acceptors (Lipinski definition) is 3. The standard InChI is InChI=1S/C9H13FN2O/c1-6(2)13-9-8(10)7(5-11)3-4-12-9/h3-4,6H,5,11H2,1-2H3. The molecule has 0 saturated carbocycles. The second kappa shape index (κ2) is 4.18. The first-order chi connectivity index (χ1) is 6.15. The van der Waals surface area contributed by atoms with Gasteiger partial charge in [0.2, 0.25) is 0 Å². The van der Waals surface area contributed by atoms with Crippen LogP contribution >= 0.6 is 0 Å². The van der Waals surface area contributed by atoms with E-state index in [1.165, 1.54) is 6.20 Å². The molecule has 3 nitrogen and oxygen atoms in total. The van der Waals surface area contributed by atoms with Crippen molar-refractivity contribution < 1.29 is 9.13 Å². The van der Waals surface area contributed by atoms with Crippen molar-refractivity contribution in [1.29, 1.82) is 0 Å². The minimum Gasteiger partial charge on any atom is -0.473 e. The van der Waals surface area contributed by atoms with Crippen LogP contribution in [-0.2, 0) is 6.54 Å². The molecule has 0 amide bonds. The molecule has 0 fully saturated rings. The first kappa shape index (κ1) is 9.92. The van der Waals surface area contributed by atoms with Crippen LogP contribution < -0.4 is 10.5 Å². The lowest BCUT2D eigenvalue weighted by molar-refractivity contribution is 0.220. The van der Waals surface area contributed by atoms with Gasteiger partial charge in [0.25, 0.3) is 5.88 Å². The van der Waals surface area contributed by atoms with E-state index in [2.05, 4.69) is 4.98 Å². The zero-order chi connectivity index (χ0) is 9.84. The lowest BCUT2D eigenvalue weighted by Gasteiger charge is -2.10. The molecule has 0 bridgehead atoms. The van der Waals surface area contributed by atoms with E-state index in [0.29, 0.717) is 5.56 Å². The van der Waals surface area contributed by atoms with Gasteiger partial charge in [0.05, 0.1) is 6.10 Å². The van der Waals surface area contributed by atoms with Gasteiger partial charge in [0.15, 0.2) is 5.82 Å². The summed E-state index contributed by atoms with van der Waals surface area (Å²) in [6, 6.07) is 1.54. The number of rotatable bonds is 3. The molecule has 13 heavy (non-hydrogen) atoms. The van der Waals surface area contributed by atoms with E-state index in [1.54, 1.807) is 6.07 Å². The van der Waals surface area contributed by atoms with Gasteiger partial charge in [-0.25, -0.2) is 9.37 Å². The molecule has 2 N–H and O–H groups in total. The fourth-order valence-electron chi connectivity index (χ4n) is 0.925. The summed E-state index contributed by atoms with van der Waals surface area (Å²) in [5.41, 5.74) is 5.75. The first-order valence-corrected chi connectivity index (χ1v) is 4.15. The normalized spacial score (nSPS) is 10.5. The largest absolute Gasteiger partial charge is 0.473 e. The highest BCUT2D eigenvalue weighted by molar-refractivity contribution is 5.23. The van der Waals surface area contributed by atoms with Crippen molar-refractivity contribution in [2.45, 2.75) is 26.5 Å². The molecule has 4 heteroatoms. The van der Waals surface area contributed by atoms with E-state index in [4.69, 9.17) is 10.5 Å². The fourth-order valence-corrected chi connectivity index (χ4v) is 0.925. The van der Waals surface area contributed by atoms with Crippen LogP contribution in [0.15, 0.2) is 12.3 Å². The molecule has 0 aliphatic carbocycles. The highest BCUT2D eigenvalue weighted by Crippen LogP contribution is 2.17. The highest BCUT2D eigenvalue weighted by Gasteiger charge is 2.10. The first-order valence-electron chi connectivity index (χ1n) is 4.15. The Kier molecular flexibility index (Phi) is 3.19. The summed E-state index contributed by atoms with van der Waals surface area (Å²) >= 11 is 0. The summed E-state index contributed by atoms with van der Waals surface area (Å²) in [4.78, 5) is 3.77. The Hall–Kier alpha value is -1.16. The minimum absolute atomic E-state index is 0.0259. The molecule has 0 radical (unpaired) electrons. The summed E-state index contributed by atoms with van der Waals surface area (Å²) in [5.74, 6) is -0.434. The van der Waals surface area contributed by atoms with Gasteiger partial charge in [0.1, 0.15) is 0 Å². The predicted molar refractivity (Wildman–Crippen MR) is 47.9 cm³/mol. The van der Waals surface area contributed by atoms with Crippen molar-refractivity contribution in [3.8, 4) is 5.88 Å². The van der Waals surface area contributed by atoms with Gasteiger partial charge >= 0.3 is 0 Å². The monoisotopic (exact) mass is 184 g/mol. The maximum absolute atomic E-state index is 13.4. The maximum Gasteiger partial charge on any atom is 0.250 e. The molecule has 0 spiro atoms. The van der Waals surface area contributed by atoms with Crippen molar-refractivity contribution in [2.24, 2.45) is 5.73 Å². The molecule has 1 rings (SSSR count). The van der Waals surface area contributed by atoms with Crippen LogP contribution in [-0.4, -0.2) is 11.1 Å².